The van der Waals surface area contributed by atoms with Crippen LogP contribution in [0.15, 0.2) is 37.9 Å². The Labute approximate surface area is 120 Å². The number of hydrogen-bond acceptors (Lipinski definition) is 1. The van der Waals surface area contributed by atoms with Gasteiger partial charge in [-0.05, 0) is 56.1 Å². The number of halogens is 2. The van der Waals surface area contributed by atoms with Crippen LogP contribution in [0.1, 0.15) is 5.76 Å². The van der Waals surface area contributed by atoms with Crippen LogP contribution in [0, 0.1) is 11.5 Å². The summed E-state index contributed by atoms with van der Waals surface area (Å²) in [5, 5.41) is 0. The second kappa shape index (κ2) is 6.44. The van der Waals surface area contributed by atoms with E-state index in [1.165, 1.54) is 0 Å². The Balaban J connectivity index is 2.90. The van der Waals surface area contributed by atoms with Crippen molar-refractivity contribution in [2.45, 2.75) is 19.6 Å². The number of allylic oxidation sites excluding steroid dienone is 2. The van der Waals surface area contributed by atoms with Crippen molar-refractivity contribution >= 4 is 46.0 Å². The fourth-order valence-electron chi connectivity index (χ4n) is 0.958. The normalized spacial score (nSPS) is 11.1. The molecule has 0 amide bonds. The second-order valence-corrected chi connectivity index (χ2v) is 11.9. The van der Waals surface area contributed by atoms with Gasteiger partial charge in [0, 0.05) is 5.57 Å². The highest BCUT2D eigenvalue weighted by Gasteiger charge is 2.07. The maximum Gasteiger partial charge on any atom is 0.129 e. The van der Waals surface area contributed by atoms with Gasteiger partial charge in [-0.1, -0.05) is 25.6 Å². The maximum atomic E-state index is 5.23. The Bertz CT molecular complexity index is 478. The van der Waals surface area contributed by atoms with Crippen LogP contribution < -0.4 is 0 Å². The van der Waals surface area contributed by atoms with Crippen molar-refractivity contribution in [3.05, 3.63) is 39.2 Å². The molecule has 1 aromatic rings. The standard InChI is InChI=1S/C13H14Br2OSi/c1-17(2,3)10-8-11(13(14)15)6-7-12-5-4-9-16-12/h4-7,9H,1-3H3/b7-6+. The Kier molecular flexibility index (Phi) is 5.51. The van der Waals surface area contributed by atoms with Crippen molar-refractivity contribution in [3.8, 4) is 11.5 Å². The predicted octanol–water partition coefficient (Wildman–Crippen LogP) is 5.18. The second-order valence-electron chi connectivity index (χ2n) is 4.52. The molecule has 0 saturated heterocycles. The lowest BCUT2D eigenvalue weighted by Gasteiger charge is -2.03. The van der Waals surface area contributed by atoms with Gasteiger partial charge in [0.1, 0.15) is 13.8 Å². The van der Waals surface area contributed by atoms with Gasteiger partial charge in [0.2, 0.25) is 0 Å². The van der Waals surface area contributed by atoms with Gasteiger partial charge in [0.15, 0.2) is 0 Å². The van der Waals surface area contributed by atoms with Gasteiger partial charge in [0.05, 0.1) is 9.65 Å². The topological polar surface area (TPSA) is 13.1 Å². The molecule has 1 aromatic heterocycles. The van der Waals surface area contributed by atoms with Gasteiger partial charge in [-0.15, -0.1) is 5.54 Å². The average Bonchev–Trinajstić information content (AvgIpc) is 2.68. The zero-order valence-corrected chi connectivity index (χ0v) is 14.2. The van der Waals surface area contributed by atoms with Crippen molar-refractivity contribution in [3.63, 3.8) is 0 Å². The summed E-state index contributed by atoms with van der Waals surface area (Å²) in [6.45, 7) is 6.65. The molecule has 1 nitrogen and oxygen atoms in total. The third-order valence-electron chi connectivity index (χ3n) is 1.73. The summed E-state index contributed by atoms with van der Waals surface area (Å²) in [4.78, 5) is 0. The van der Waals surface area contributed by atoms with Crippen LogP contribution in [-0.4, -0.2) is 8.07 Å². The molecule has 0 N–H and O–H groups in total. The van der Waals surface area contributed by atoms with Crippen LogP contribution in [0.4, 0.5) is 0 Å². The molecule has 0 fully saturated rings. The molecule has 1 heterocycles. The quantitative estimate of drug-likeness (QED) is 0.395. The Morgan fingerprint density at radius 2 is 2.06 bits per heavy atom. The lowest BCUT2D eigenvalue weighted by molar-refractivity contribution is 0.557. The highest BCUT2D eigenvalue weighted by atomic mass is 79.9. The molecule has 0 aliphatic carbocycles. The molecule has 17 heavy (non-hydrogen) atoms. The fraction of sp³-hybridized carbons (Fsp3) is 0.231. The smallest absolute Gasteiger partial charge is 0.129 e. The van der Waals surface area contributed by atoms with E-state index >= 15 is 0 Å². The van der Waals surface area contributed by atoms with Gasteiger partial charge in [0.25, 0.3) is 0 Å². The molecule has 0 aliphatic rings. The first-order valence-corrected chi connectivity index (χ1v) is 10.3. The Morgan fingerprint density at radius 3 is 2.53 bits per heavy atom. The molecular formula is C13H14Br2OSi. The summed E-state index contributed by atoms with van der Waals surface area (Å²) in [5.74, 6) is 4.01. The van der Waals surface area contributed by atoms with Crippen LogP contribution in [0.5, 0.6) is 0 Å². The van der Waals surface area contributed by atoms with E-state index < -0.39 is 8.07 Å². The molecular weight excluding hydrogens is 360 g/mol. The van der Waals surface area contributed by atoms with Crippen molar-refractivity contribution in [1.82, 2.24) is 0 Å². The highest BCUT2D eigenvalue weighted by Crippen LogP contribution is 2.20. The van der Waals surface area contributed by atoms with E-state index in [4.69, 9.17) is 4.42 Å². The number of rotatable bonds is 2. The van der Waals surface area contributed by atoms with Crippen LogP contribution in [-0.2, 0) is 0 Å². The van der Waals surface area contributed by atoms with Crippen molar-refractivity contribution < 1.29 is 4.42 Å². The fourth-order valence-corrected chi connectivity index (χ4v) is 1.93. The lowest BCUT2D eigenvalue weighted by Crippen LogP contribution is -2.16. The number of furan rings is 1. The molecule has 0 unspecified atom stereocenters. The van der Waals surface area contributed by atoms with Gasteiger partial charge in [-0.3, -0.25) is 0 Å². The zero-order valence-electron chi connectivity index (χ0n) is 10.1. The van der Waals surface area contributed by atoms with E-state index in [-0.39, 0.29) is 0 Å². The van der Waals surface area contributed by atoms with E-state index in [1.54, 1.807) is 6.26 Å². The van der Waals surface area contributed by atoms with Crippen LogP contribution in [0.2, 0.25) is 19.6 Å². The van der Waals surface area contributed by atoms with E-state index in [1.807, 2.05) is 24.3 Å². The predicted molar refractivity (Wildman–Crippen MR) is 83.7 cm³/mol. The SMILES string of the molecule is C[Si](C)(C)C#CC(/C=C/c1ccco1)=C(Br)Br. The van der Waals surface area contributed by atoms with Gasteiger partial charge >= 0.3 is 0 Å². The molecule has 0 radical (unpaired) electrons. The summed E-state index contributed by atoms with van der Waals surface area (Å²) >= 11 is 6.80. The summed E-state index contributed by atoms with van der Waals surface area (Å²) in [6.07, 6.45) is 5.49. The molecule has 0 spiro atoms. The highest BCUT2D eigenvalue weighted by molar-refractivity contribution is 9.28. The minimum Gasteiger partial charge on any atom is -0.465 e. The van der Waals surface area contributed by atoms with Crippen LogP contribution in [0.25, 0.3) is 6.08 Å². The van der Waals surface area contributed by atoms with Gasteiger partial charge in [-0.25, -0.2) is 0 Å². The van der Waals surface area contributed by atoms with Crippen LogP contribution >= 0.6 is 31.9 Å². The minimum atomic E-state index is -1.36. The minimum absolute atomic E-state index is 0.818. The summed E-state index contributed by atoms with van der Waals surface area (Å²) in [6, 6.07) is 3.77. The van der Waals surface area contributed by atoms with Crippen molar-refractivity contribution in [1.29, 1.82) is 0 Å². The monoisotopic (exact) mass is 372 g/mol. The molecule has 0 atom stereocenters. The van der Waals surface area contributed by atoms with Gasteiger partial charge < -0.3 is 4.42 Å². The summed E-state index contributed by atoms with van der Waals surface area (Å²) in [5.41, 5.74) is 4.24. The Hall–Kier alpha value is -0.503. The molecule has 0 aliphatic heterocycles. The first-order chi connectivity index (χ1) is 7.88. The zero-order chi connectivity index (χ0) is 12.9. The first-order valence-electron chi connectivity index (χ1n) is 5.18. The summed E-state index contributed by atoms with van der Waals surface area (Å²) in [7, 11) is -1.36. The largest absolute Gasteiger partial charge is 0.465 e. The maximum absolute atomic E-state index is 5.23. The molecule has 0 bridgehead atoms. The Morgan fingerprint density at radius 1 is 1.35 bits per heavy atom. The van der Waals surface area contributed by atoms with Gasteiger partial charge in [-0.2, -0.15) is 0 Å². The average molecular weight is 374 g/mol. The van der Waals surface area contributed by atoms with E-state index in [0.717, 1.165) is 14.7 Å². The molecule has 4 heteroatoms. The number of hydrogen-bond donors (Lipinski definition) is 0. The van der Waals surface area contributed by atoms with E-state index in [0.29, 0.717) is 0 Å². The lowest BCUT2D eigenvalue weighted by atomic mass is 10.3. The van der Waals surface area contributed by atoms with Crippen LogP contribution in [0.3, 0.4) is 0 Å². The third-order valence-corrected chi connectivity index (χ3v) is 3.46. The molecule has 0 saturated carbocycles. The molecule has 0 aromatic carbocycles. The van der Waals surface area contributed by atoms with E-state index in [9.17, 15) is 0 Å². The van der Waals surface area contributed by atoms with Crippen molar-refractivity contribution in [2.75, 3.05) is 0 Å². The van der Waals surface area contributed by atoms with E-state index in [2.05, 4.69) is 63.0 Å². The molecule has 1 rings (SSSR count). The summed E-state index contributed by atoms with van der Waals surface area (Å²) < 4.78 is 6.09. The first kappa shape index (κ1) is 14.6. The molecule has 90 valence electrons. The van der Waals surface area contributed by atoms with Crippen molar-refractivity contribution in [2.24, 2.45) is 0 Å². The third kappa shape index (κ3) is 6.11.